The van der Waals surface area contributed by atoms with E-state index in [0.29, 0.717) is 5.69 Å². The van der Waals surface area contributed by atoms with Crippen LogP contribution < -0.4 is 15.2 Å². The molecule has 0 saturated heterocycles. The summed E-state index contributed by atoms with van der Waals surface area (Å²) >= 11 is 0. The molecule has 20 heavy (non-hydrogen) atoms. The molecule has 0 aliphatic carbocycles. The SMILES string of the molecule is Nc1ccc(C(=O)OP(=O)([O-])Oc2ccccc2)cc1. The molecule has 0 amide bonds. The lowest BCUT2D eigenvalue weighted by Gasteiger charge is -2.22. The molecule has 0 saturated carbocycles. The second-order valence-electron chi connectivity index (χ2n) is 3.85. The van der Waals surface area contributed by atoms with Crippen molar-refractivity contribution in [2.45, 2.75) is 0 Å². The number of anilines is 1. The highest BCUT2D eigenvalue weighted by Crippen LogP contribution is 2.40. The first-order chi connectivity index (χ1) is 9.46. The van der Waals surface area contributed by atoms with Gasteiger partial charge in [-0.3, -0.25) is 0 Å². The van der Waals surface area contributed by atoms with Crippen molar-refractivity contribution < 1.29 is 23.3 Å². The number of benzene rings is 2. The van der Waals surface area contributed by atoms with E-state index in [0.717, 1.165) is 0 Å². The highest BCUT2D eigenvalue weighted by Gasteiger charge is 2.18. The Morgan fingerprint density at radius 3 is 2.25 bits per heavy atom. The Morgan fingerprint density at radius 2 is 1.65 bits per heavy atom. The van der Waals surface area contributed by atoms with Crippen molar-refractivity contribution in [2.75, 3.05) is 5.73 Å². The summed E-state index contributed by atoms with van der Waals surface area (Å²) in [6.07, 6.45) is 0. The van der Waals surface area contributed by atoms with Crippen LogP contribution in [0.2, 0.25) is 0 Å². The normalized spacial score (nSPS) is 13.2. The zero-order chi connectivity index (χ0) is 14.6. The number of hydrogen-bond acceptors (Lipinski definition) is 6. The van der Waals surface area contributed by atoms with Gasteiger partial charge in [0.1, 0.15) is 5.75 Å². The summed E-state index contributed by atoms with van der Waals surface area (Å²) in [7, 11) is -4.78. The van der Waals surface area contributed by atoms with Gasteiger partial charge in [0.05, 0.1) is 5.56 Å². The number of para-hydroxylation sites is 1. The Balaban J connectivity index is 2.06. The van der Waals surface area contributed by atoms with E-state index in [9.17, 15) is 14.3 Å². The van der Waals surface area contributed by atoms with E-state index in [1.54, 1.807) is 18.2 Å². The second-order valence-corrected chi connectivity index (χ2v) is 5.11. The molecule has 0 aromatic heterocycles. The maximum absolute atomic E-state index is 11.6. The quantitative estimate of drug-likeness (QED) is 0.682. The molecule has 2 aromatic rings. The van der Waals surface area contributed by atoms with E-state index in [-0.39, 0.29) is 11.3 Å². The van der Waals surface area contributed by atoms with Crippen LogP contribution in [0.5, 0.6) is 5.75 Å². The van der Waals surface area contributed by atoms with Gasteiger partial charge in [-0.25, -0.2) is 9.36 Å². The Kier molecular flexibility index (Phi) is 4.08. The van der Waals surface area contributed by atoms with Crippen molar-refractivity contribution in [1.82, 2.24) is 0 Å². The average molecular weight is 292 g/mol. The van der Waals surface area contributed by atoms with Gasteiger partial charge in [-0.2, -0.15) is 0 Å². The molecular formula is C13H11NO5P-. The minimum atomic E-state index is -4.78. The summed E-state index contributed by atoms with van der Waals surface area (Å²) in [6.45, 7) is 0. The number of phosphoric ester groups is 1. The van der Waals surface area contributed by atoms with Gasteiger partial charge in [0.15, 0.2) is 0 Å². The Hall–Kier alpha value is -2.30. The monoisotopic (exact) mass is 292 g/mol. The summed E-state index contributed by atoms with van der Waals surface area (Å²) in [6, 6.07) is 13.4. The molecule has 104 valence electrons. The van der Waals surface area contributed by atoms with Crippen molar-refractivity contribution >= 4 is 19.5 Å². The highest BCUT2D eigenvalue weighted by molar-refractivity contribution is 7.47. The smallest absolute Gasteiger partial charge is 0.374 e. The van der Waals surface area contributed by atoms with E-state index in [1.807, 2.05) is 0 Å². The van der Waals surface area contributed by atoms with Gasteiger partial charge in [0, 0.05) is 5.69 Å². The molecule has 0 fully saturated rings. The first-order valence-corrected chi connectivity index (χ1v) is 7.07. The van der Waals surface area contributed by atoms with Crippen LogP contribution in [0.25, 0.3) is 0 Å². The van der Waals surface area contributed by atoms with Gasteiger partial charge in [0.2, 0.25) is 0 Å². The van der Waals surface area contributed by atoms with E-state index >= 15 is 0 Å². The molecule has 1 atom stereocenters. The van der Waals surface area contributed by atoms with E-state index in [2.05, 4.69) is 9.05 Å². The highest BCUT2D eigenvalue weighted by atomic mass is 31.2. The number of phosphoric acid groups is 1. The number of rotatable bonds is 4. The van der Waals surface area contributed by atoms with Crippen LogP contribution in [0.3, 0.4) is 0 Å². The summed E-state index contributed by atoms with van der Waals surface area (Å²) in [4.78, 5) is 23.2. The standard InChI is InChI=1S/C13H12NO5P/c14-11-8-6-10(7-9-11)13(15)19-20(16,17)18-12-4-2-1-3-5-12/h1-9H,14H2,(H,16,17)/p-1. The van der Waals surface area contributed by atoms with Crippen LogP contribution in [0, 0.1) is 0 Å². The van der Waals surface area contributed by atoms with Crippen LogP contribution in [-0.4, -0.2) is 5.97 Å². The predicted octanol–water partition coefficient (Wildman–Crippen LogP) is 1.97. The Labute approximate surface area is 115 Å². The fourth-order valence-corrected chi connectivity index (χ4v) is 2.13. The number of nitrogen functional groups attached to an aromatic ring is 1. The number of carbonyl (C=O) groups is 1. The zero-order valence-electron chi connectivity index (χ0n) is 10.3. The maximum atomic E-state index is 11.6. The molecule has 1 unspecified atom stereocenters. The summed E-state index contributed by atoms with van der Waals surface area (Å²) in [5, 5.41) is 0. The van der Waals surface area contributed by atoms with Crippen molar-refractivity contribution in [3.63, 3.8) is 0 Å². The van der Waals surface area contributed by atoms with Crippen LogP contribution in [0.4, 0.5) is 5.69 Å². The average Bonchev–Trinajstić information content (AvgIpc) is 2.39. The second kappa shape index (κ2) is 5.77. The Morgan fingerprint density at radius 1 is 1.05 bits per heavy atom. The number of nitrogens with two attached hydrogens (primary N) is 1. The molecule has 0 heterocycles. The first kappa shape index (κ1) is 14.1. The van der Waals surface area contributed by atoms with Crippen molar-refractivity contribution in [2.24, 2.45) is 0 Å². The van der Waals surface area contributed by atoms with Crippen molar-refractivity contribution in [3.05, 3.63) is 60.2 Å². The molecular weight excluding hydrogens is 281 g/mol. The maximum Gasteiger partial charge on any atom is 0.374 e. The minimum absolute atomic E-state index is 0.0620. The lowest BCUT2D eigenvalue weighted by molar-refractivity contribution is -0.211. The third kappa shape index (κ3) is 3.85. The first-order valence-electron chi connectivity index (χ1n) is 5.61. The Bertz CT molecular complexity index is 642. The predicted molar refractivity (Wildman–Crippen MR) is 70.9 cm³/mol. The summed E-state index contributed by atoms with van der Waals surface area (Å²) in [5.41, 5.74) is 5.98. The molecule has 0 bridgehead atoms. The molecule has 2 N–H and O–H groups in total. The fraction of sp³-hybridized carbons (Fsp3) is 0. The van der Waals surface area contributed by atoms with E-state index in [1.165, 1.54) is 36.4 Å². The largest absolute Gasteiger partial charge is 0.736 e. The minimum Gasteiger partial charge on any atom is -0.736 e. The van der Waals surface area contributed by atoms with Gasteiger partial charge in [-0.15, -0.1) is 0 Å². The van der Waals surface area contributed by atoms with Crippen LogP contribution in [0.1, 0.15) is 10.4 Å². The third-order valence-electron chi connectivity index (χ3n) is 2.30. The fourth-order valence-electron chi connectivity index (χ4n) is 1.40. The molecule has 0 aliphatic heterocycles. The lowest BCUT2D eigenvalue weighted by Crippen LogP contribution is -2.15. The molecule has 0 spiro atoms. The molecule has 6 nitrogen and oxygen atoms in total. The van der Waals surface area contributed by atoms with Gasteiger partial charge in [0.25, 0.3) is 0 Å². The van der Waals surface area contributed by atoms with E-state index < -0.39 is 13.8 Å². The van der Waals surface area contributed by atoms with Crippen molar-refractivity contribution in [3.8, 4) is 5.75 Å². The number of carbonyl (C=O) groups excluding carboxylic acids is 1. The van der Waals surface area contributed by atoms with Crippen LogP contribution in [0.15, 0.2) is 54.6 Å². The summed E-state index contributed by atoms with van der Waals surface area (Å²) < 4.78 is 20.6. The van der Waals surface area contributed by atoms with Crippen molar-refractivity contribution in [1.29, 1.82) is 0 Å². The topological polar surface area (TPSA) is 102 Å². The lowest BCUT2D eigenvalue weighted by atomic mass is 10.2. The molecule has 0 aliphatic rings. The van der Waals surface area contributed by atoms with Gasteiger partial charge in [-0.05, 0) is 36.4 Å². The third-order valence-corrected chi connectivity index (χ3v) is 3.13. The molecule has 0 radical (unpaired) electrons. The molecule has 2 aromatic carbocycles. The van der Waals surface area contributed by atoms with E-state index in [4.69, 9.17) is 5.73 Å². The molecule has 7 heteroatoms. The zero-order valence-corrected chi connectivity index (χ0v) is 11.2. The number of hydrogen-bond donors (Lipinski definition) is 1. The molecule has 2 rings (SSSR count). The van der Waals surface area contributed by atoms with Gasteiger partial charge >= 0.3 is 13.8 Å². The summed E-state index contributed by atoms with van der Waals surface area (Å²) in [5.74, 6) is -0.963. The van der Waals surface area contributed by atoms with Gasteiger partial charge in [-0.1, -0.05) is 18.2 Å². The van der Waals surface area contributed by atoms with Crippen LogP contribution >= 0.6 is 7.82 Å². The van der Waals surface area contributed by atoms with Gasteiger partial charge < -0.3 is 19.7 Å². The van der Waals surface area contributed by atoms with Crippen LogP contribution in [-0.2, 0) is 9.09 Å².